The van der Waals surface area contributed by atoms with Crippen molar-refractivity contribution in [3.63, 3.8) is 0 Å². The molecule has 0 amide bonds. The molecule has 0 radical (unpaired) electrons. The van der Waals surface area contributed by atoms with Crippen molar-refractivity contribution in [2.45, 2.75) is 32.7 Å². The molecular formula is C26H26ClN7O2. The zero-order chi connectivity index (χ0) is 26.0. The first-order chi connectivity index (χ1) is 17.2. The Labute approximate surface area is 213 Å². The number of ether oxygens (including phenoxy) is 1. The number of halogens is 1. The first kappa shape index (κ1) is 24.9. The number of nitriles is 1. The molecule has 4 rings (SSSR count). The lowest BCUT2D eigenvalue weighted by Crippen LogP contribution is -2.36. The van der Waals surface area contributed by atoms with Crippen LogP contribution in [0.25, 0.3) is 16.6 Å². The van der Waals surface area contributed by atoms with Crippen LogP contribution in [-0.2, 0) is 0 Å². The van der Waals surface area contributed by atoms with Crippen LogP contribution in [0.5, 0.6) is 5.75 Å². The predicted molar refractivity (Wildman–Crippen MR) is 141 cm³/mol. The Hall–Kier alpha value is -4.16. The normalized spacial score (nSPS) is 12.8. The van der Waals surface area contributed by atoms with E-state index in [9.17, 15) is 10.1 Å². The highest BCUT2D eigenvalue weighted by molar-refractivity contribution is 6.35. The molecule has 4 aromatic rings. The van der Waals surface area contributed by atoms with Crippen LogP contribution in [0.15, 0.2) is 53.5 Å². The lowest BCUT2D eigenvalue weighted by Gasteiger charge is -2.30. The summed E-state index contributed by atoms with van der Waals surface area (Å²) in [5.41, 5.74) is 6.92. The van der Waals surface area contributed by atoms with E-state index in [1.165, 1.54) is 6.20 Å². The zero-order valence-electron chi connectivity index (χ0n) is 20.4. The van der Waals surface area contributed by atoms with E-state index in [4.69, 9.17) is 27.1 Å². The van der Waals surface area contributed by atoms with Crippen molar-refractivity contribution in [3.05, 3.63) is 75.4 Å². The molecule has 0 saturated carbocycles. The molecule has 36 heavy (non-hydrogen) atoms. The summed E-state index contributed by atoms with van der Waals surface area (Å²) in [5, 5.41) is 13.6. The van der Waals surface area contributed by atoms with E-state index in [2.05, 4.69) is 21.4 Å². The van der Waals surface area contributed by atoms with Gasteiger partial charge in [-0.25, -0.2) is 9.97 Å². The van der Waals surface area contributed by atoms with Gasteiger partial charge in [0.25, 0.3) is 5.56 Å². The van der Waals surface area contributed by atoms with Gasteiger partial charge in [-0.2, -0.15) is 10.2 Å². The van der Waals surface area contributed by atoms with Gasteiger partial charge in [0.2, 0.25) is 5.95 Å². The summed E-state index contributed by atoms with van der Waals surface area (Å²) >= 11 is 6.43. The van der Waals surface area contributed by atoms with Crippen molar-refractivity contribution in [1.29, 1.82) is 5.26 Å². The number of anilines is 2. The van der Waals surface area contributed by atoms with Crippen LogP contribution in [0.3, 0.4) is 0 Å². The molecule has 0 saturated heterocycles. The zero-order valence-corrected chi connectivity index (χ0v) is 21.1. The van der Waals surface area contributed by atoms with E-state index in [-0.39, 0.29) is 34.9 Å². The number of rotatable bonds is 7. The molecule has 3 N–H and O–H groups in total. The molecule has 0 aliphatic rings. The quantitative estimate of drug-likeness (QED) is 0.376. The van der Waals surface area contributed by atoms with Crippen LogP contribution in [0, 0.1) is 17.2 Å². The van der Waals surface area contributed by atoms with Gasteiger partial charge in [-0.15, -0.1) is 0 Å². The summed E-state index contributed by atoms with van der Waals surface area (Å²) in [4.78, 5) is 26.9. The summed E-state index contributed by atoms with van der Waals surface area (Å²) < 4.78 is 6.87. The smallest absolute Gasteiger partial charge is 0.267 e. The minimum atomic E-state index is -0.300. The lowest BCUT2D eigenvalue weighted by molar-refractivity contribution is 0.414. The van der Waals surface area contributed by atoms with Gasteiger partial charge < -0.3 is 15.8 Å². The summed E-state index contributed by atoms with van der Waals surface area (Å²) in [6.07, 6.45) is 1.39. The number of aromatic nitrogens is 4. The van der Waals surface area contributed by atoms with E-state index >= 15 is 0 Å². The largest absolute Gasteiger partial charge is 0.497 e. The van der Waals surface area contributed by atoms with Gasteiger partial charge in [0.15, 0.2) is 0 Å². The van der Waals surface area contributed by atoms with Crippen molar-refractivity contribution in [1.82, 2.24) is 19.5 Å². The third kappa shape index (κ3) is 4.68. The average Bonchev–Trinajstić information content (AvgIpc) is 2.86. The molecule has 2 unspecified atom stereocenters. The number of nitrogens with two attached hydrogens (primary N) is 1. The fourth-order valence-corrected chi connectivity index (χ4v) is 4.52. The fraction of sp³-hybridized carbons (Fsp3) is 0.269. The Balaban J connectivity index is 1.92. The second-order valence-electron chi connectivity index (χ2n) is 8.75. The molecule has 2 heterocycles. The van der Waals surface area contributed by atoms with Crippen LogP contribution >= 0.6 is 11.6 Å². The van der Waals surface area contributed by atoms with Crippen molar-refractivity contribution in [2.75, 3.05) is 18.2 Å². The highest BCUT2D eigenvalue weighted by Gasteiger charge is 2.29. The molecule has 2 aromatic carbocycles. The van der Waals surface area contributed by atoms with Gasteiger partial charge in [-0.3, -0.25) is 9.36 Å². The molecule has 0 spiro atoms. The number of benzene rings is 2. The van der Waals surface area contributed by atoms with Gasteiger partial charge in [-0.05, 0) is 42.3 Å². The summed E-state index contributed by atoms with van der Waals surface area (Å²) in [6.45, 7) is 6.06. The molecule has 2 aromatic heterocycles. The number of nitrogens with one attached hydrogen (secondary N) is 1. The molecule has 9 nitrogen and oxygen atoms in total. The second-order valence-corrected chi connectivity index (χ2v) is 9.15. The van der Waals surface area contributed by atoms with Crippen molar-refractivity contribution < 1.29 is 4.74 Å². The minimum Gasteiger partial charge on any atom is -0.497 e. The van der Waals surface area contributed by atoms with Crippen molar-refractivity contribution >= 4 is 34.3 Å². The third-order valence-electron chi connectivity index (χ3n) is 6.10. The lowest BCUT2D eigenvalue weighted by atomic mass is 9.90. The number of nitrogens with zero attached hydrogens (tertiary/aromatic N) is 5. The summed E-state index contributed by atoms with van der Waals surface area (Å²) in [7, 11) is 1.58. The fourth-order valence-electron chi connectivity index (χ4n) is 4.27. The van der Waals surface area contributed by atoms with E-state index in [1.807, 2.05) is 20.8 Å². The Bertz CT molecular complexity index is 1510. The Morgan fingerprint density at radius 3 is 2.50 bits per heavy atom. The van der Waals surface area contributed by atoms with E-state index in [1.54, 1.807) is 54.1 Å². The van der Waals surface area contributed by atoms with Crippen LogP contribution in [0.2, 0.25) is 5.02 Å². The maximum absolute atomic E-state index is 13.8. The Morgan fingerprint density at radius 2 is 1.86 bits per heavy atom. The van der Waals surface area contributed by atoms with Gasteiger partial charge in [0.05, 0.1) is 34.9 Å². The molecule has 0 aliphatic heterocycles. The number of hydrogen-bond donors (Lipinski definition) is 2. The average molecular weight is 504 g/mol. The highest BCUT2D eigenvalue weighted by Crippen LogP contribution is 2.30. The summed E-state index contributed by atoms with van der Waals surface area (Å²) in [6, 6.07) is 14.2. The molecule has 0 aliphatic carbocycles. The molecular weight excluding hydrogens is 478 g/mol. The van der Waals surface area contributed by atoms with Gasteiger partial charge in [0, 0.05) is 12.0 Å². The van der Waals surface area contributed by atoms with Crippen molar-refractivity contribution in [2.24, 2.45) is 5.92 Å². The molecule has 0 bridgehead atoms. The topological polar surface area (TPSA) is 132 Å². The Morgan fingerprint density at radius 1 is 1.14 bits per heavy atom. The molecule has 10 heteroatoms. The molecule has 0 fully saturated rings. The van der Waals surface area contributed by atoms with Crippen molar-refractivity contribution in [3.8, 4) is 17.5 Å². The maximum atomic E-state index is 13.8. The van der Waals surface area contributed by atoms with Crippen LogP contribution in [0.1, 0.15) is 38.1 Å². The highest BCUT2D eigenvalue weighted by atomic mass is 35.5. The number of fused-ring (bicyclic) bond motifs is 1. The number of nitrogen functional groups attached to an aromatic ring is 1. The van der Waals surface area contributed by atoms with E-state index in [0.717, 1.165) is 0 Å². The minimum absolute atomic E-state index is 0.0558. The monoisotopic (exact) mass is 503 g/mol. The van der Waals surface area contributed by atoms with Crippen LogP contribution < -0.4 is 21.3 Å². The van der Waals surface area contributed by atoms with Crippen LogP contribution in [0.4, 0.5) is 11.8 Å². The first-order valence-electron chi connectivity index (χ1n) is 11.4. The van der Waals surface area contributed by atoms with Gasteiger partial charge in [0.1, 0.15) is 29.0 Å². The first-order valence-corrected chi connectivity index (χ1v) is 11.8. The Kier molecular flexibility index (Phi) is 7.08. The maximum Gasteiger partial charge on any atom is 0.267 e. The third-order valence-corrected chi connectivity index (χ3v) is 6.41. The summed E-state index contributed by atoms with van der Waals surface area (Å²) in [5.74, 6) is 1.36. The predicted octanol–water partition coefficient (Wildman–Crippen LogP) is 4.53. The van der Waals surface area contributed by atoms with Gasteiger partial charge >= 0.3 is 0 Å². The van der Waals surface area contributed by atoms with Gasteiger partial charge in [-0.1, -0.05) is 38.4 Å². The van der Waals surface area contributed by atoms with E-state index in [0.29, 0.717) is 39.0 Å². The standard InChI is InChI=1S/C26H26ClN7O2/c1-14(2)22(32-23-16(12-28)13-30-26(29)33-23)15(3)24-31-20-7-5-6-19(27)21(20)25(35)34(24)17-8-10-18(36-4)11-9-17/h5-11,13-15,22H,1-4H3,(H3,29,30,32,33). The molecule has 184 valence electrons. The number of methoxy groups -OCH3 is 1. The second kappa shape index (κ2) is 10.2. The van der Waals surface area contributed by atoms with Crippen LogP contribution in [-0.4, -0.2) is 32.7 Å². The SMILES string of the molecule is COc1ccc(-n2c(C(C)C(Nc3nc(N)ncc3C#N)C(C)C)nc3cccc(Cl)c3c2=O)cc1. The molecule has 2 atom stereocenters. The number of hydrogen-bond acceptors (Lipinski definition) is 8. The van der Waals surface area contributed by atoms with E-state index < -0.39 is 0 Å².